The number of aryl methyl sites for hydroxylation is 2. The Hall–Kier alpha value is -2.31. The summed E-state index contributed by atoms with van der Waals surface area (Å²) >= 11 is 0. The molecule has 1 aliphatic carbocycles. The molecule has 2 aliphatic rings. The number of morpholine rings is 1. The molecule has 0 radical (unpaired) electrons. The Balaban J connectivity index is 1.43. The second-order valence-electron chi connectivity index (χ2n) is 8.07. The molecule has 1 N–H and O–H groups in total. The minimum atomic E-state index is 0.163. The lowest BCUT2D eigenvalue weighted by molar-refractivity contribution is 0.0378. The third-order valence-corrected chi connectivity index (χ3v) is 5.98. The van der Waals surface area contributed by atoms with Crippen LogP contribution in [0.15, 0.2) is 24.3 Å². The van der Waals surface area contributed by atoms with Crippen LogP contribution in [0.25, 0.3) is 0 Å². The maximum Gasteiger partial charge on any atom is 0.223 e. The lowest BCUT2D eigenvalue weighted by Crippen LogP contribution is -2.37. The summed E-state index contributed by atoms with van der Waals surface area (Å²) in [5.41, 5.74) is 4.90. The average molecular weight is 395 g/mol. The van der Waals surface area contributed by atoms with Gasteiger partial charge < -0.3 is 10.1 Å². The highest BCUT2D eigenvalue weighted by Gasteiger charge is 2.30. The third-order valence-electron chi connectivity index (χ3n) is 5.98. The number of ether oxygens (including phenoxy) is 1. The number of anilines is 1. The first kappa shape index (κ1) is 20.0. The van der Waals surface area contributed by atoms with Gasteiger partial charge in [0, 0.05) is 26.1 Å². The minimum Gasteiger partial charge on any atom is -0.379 e. The molecule has 154 valence electrons. The molecule has 0 amide bonds. The van der Waals surface area contributed by atoms with Crippen LogP contribution in [0.5, 0.6) is 0 Å². The molecule has 1 saturated heterocycles. The number of fused-ring (bicyclic) bond motifs is 1. The Morgan fingerprint density at radius 2 is 1.93 bits per heavy atom. The lowest BCUT2D eigenvalue weighted by atomic mass is 9.80. The van der Waals surface area contributed by atoms with E-state index in [9.17, 15) is 4.79 Å². The number of Topliss-reactive ketones (excluding diaryl/α,β-unsaturated/α-hetero) is 1. The van der Waals surface area contributed by atoms with Gasteiger partial charge in [-0.05, 0) is 50.3 Å². The second kappa shape index (κ2) is 9.01. The van der Waals surface area contributed by atoms with Gasteiger partial charge in [-0.2, -0.15) is 0 Å². The van der Waals surface area contributed by atoms with Gasteiger partial charge in [0.2, 0.25) is 5.95 Å². The van der Waals surface area contributed by atoms with Gasteiger partial charge in [-0.25, -0.2) is 9.97 Å². The van der Waals surface area contributed by atoms with Gasteiger partial charge in [0.1, 0.15) is 0 Å². The largest absolute Gasteiger partial charge is 0.379 e. The number of rotatable bonds is 6. The van der Waals surface area contributed by atoms with E-state index in [0.29, 0.717) is 12.4 Å². The molecule has 1 unspecified atom stereocenters. The molecule has 1 aromatic heterocycles. The van der Waals surface area contributed by atoms with E-state index in [4.69, 9.17) is 9.72 Å². The van der Waals surface area contributed by atoms with E-state index in [0.717, 1.165) is 69.2 Å². The first-order valence-electron chi connectivity index (χ1n) is 10.6. The van der Waals surface area contributed by atoms with Crippen molar-refractivity contribution in [2.45, 2.75) is 39.0 Å². The first-order valence-corrected chi connectivity index (χ1v) is 10.6. The van der Waals surface area contributed by atoms with Crippen molar-refractivity contribution in [3.8, 4) is 0 Å². The molecule has 6 nitrogen and oxygen atoms in total. The second-order valence-corrected chi connectivity index (χ2v) is 8.07. The zero-order valence-electron chi connectivity index (χ0n) is 17.4. The standard InChI is InChI=1S/C23H30N4O2/c1-16-6-3-4-7-19(16)18-14-20-22(21(28)15-18)17(2)25-23(26-20)24-8-5-9-27-10-12-29-13-11-27/h3-4,6-7,18H,5,8-15H2,1-2H3,(H,24,25,26). The fraction of sp³-hybridized carbons (Fsp3) is 0.522. The highest BCUT2D eigenvalue weighted by molar-refractivity contribution is 5.99. The fourth-order valence-corrected chi connectivity index (χ4v) is 4.45. The number of carbonyl (C=O) groups is 1. The van der Waals surface area contributed by atoms with Crippen LogP contribution in [0.2, 0.25) is 0 Å². The Morgan fingerprint density at radius 1 is 1.14 bits per heavy atom. The van der Waals surface area contributed by atoms with E-state index in [2.05, 4.69) is 40.3 Å². The van der Waals surface area contributed by atoms with Crippen molar-refractivity contribution in [1.29, 1.82) is 0 Å². The van der Waals surface area contributed by atoms with E-state index in [-0.39, 0.29) is 11.7 Å². The summed E-state index contributed by atoms with van der Waals surface area (Å²) in [6.45, 7) is 9.59. The fourth-order valence-electron chi connectivity index (χ4n) is 4.45. The highest BCUT2D eigenvalue weighted by Crippen LogP contribution is 2.34. The SMILES string of the molecule is Cc1ccccc1C1CC(=O)c2c(C)nc(NCCCN3CCOCC3)nc2C1. The lowest BCUT2D eigenvalue weighted by Gasteiger charge is -2.27. The van der Waals surface area contributed by atoms with Crippen LogP contribution in [-0.2, 0) is 11.2 Å². The molecule has 0 saturated carbocycles. The number of hydrogen-bond acceptors (Lipinski definition) is 6. The van der Waals surface area contributed by atoms with Gasteiger partial charge in [-0.3, -0.25) is 9.69 Å². The molecule has 1 aromatic carbocycles. The number of benzene rings is 1. The predicted octanol–water partition coefficient (Wildman–Crippen LogP) is 3.14. The zero-order chi connectivity index (χ0) is 20.2. The topological polar surface area (TPSA) is 67.4 Å². The van der Waals surface area contributed by atoms with E-state index in [1.165, 1.54) is 11.1 Å². The molecular weight excluding hydrogens is 364 g/mol. The summed E-state index contributed by atoms with van der Waals surface area (Å²) in [6, 6.07) is 8.34. The molecule has 0 bridgehead atoms. The van der Waals surface area contributed by atoms with Crippen molar-refractivity contribution in [2.75, 3.05) is 44.7 Å². The number of nitrogens with zero attached hydrogens (tertiary/aromatic N) is 3. The van der Waals surface area contributed by atoms with Crippen molar-refractivity contribution in [2.24, 2.45) is 0 Å². The van der Waals surface area contributed by atoms with Gasteiger partial charge in [0.05, 0.1) is 30.2 Å². The predicted molar refractivity (Wildman–Crippen MR) is 114 cm³/mol. The molecule has 0 spiro atoms. The maximum atomic E-state index is 12.8. The van der Waals surface area contributed by atoms with Crippen LogP contribution < -0.4 is 5.32 Å². The summed E-state index contributed by atoms with van der Waals surface area (Å²) < 4.78 is 5.39. The van der Waals surface area contributed by atoms with Crippen LogP contribution in [0.1, 0.15) is 51.6 Å². The van der Waals surface area contributed by atoms with Crippen LogP contribution >= 0.6 is 0 Å². The molecule has 1 atom stereocenters. The molecular formula is C23H30N4O2. The molecule has 4 rings (SSSR count). The van der Waals surface area contributed by atoms with Gasteiger partial charge >= 0.3 is 0 Å². The molecule has 29 heavy (non-hydrogen) atoms. The van der Waals surface area contributed by atoms with Crippen molar-refractivity contribution >= 4 is 11.7 Å². The smallest absolute Gasteiger partial charge is 0.223 e. The first-order chi connectivity index (χ1) is 14.1. The number of aromatic nitrogens is 2. The maximum absolute atomic E-state index is 12.8. The number of ketones is 1. The Labute approximate surface area is 172 Å². The molecule has 2 heterocycles. The quantitative estimate of drug-likeness (QED) is 0.760. The summed E-state index contributed by atoms with van der Waals surface area (Å²) in [5, 5.41) is 3.36. The van der Waals surface area contributed by atoms with Crippen LogP contribution in [0, 0.1) is 13.8 Å². The summed E-state index contributed by atoms with van der Waals surface area (Å²) in [6.07, 6.45) is 2.36. The van der Waals surface area contributed by atoms with Crippen LogP contribution in [-0.4, -0.2) is 60.0 Å². The number of carbonyl (C=O) groups excluding carboxylic acids is 1. The van der Waals surface area contributed by atoms with Crippen molar-refractivity contribution < 1.29 is 9.53 Å². The normalized spacial score (nSPS) is 19.8. The van der Waals surface area contributed by atoms with Crippen molar-refractivity contribution in [3.05, 3.63) is 52.3 Å². The van der Waals surface area contributed by atoms with Crippen LogP contribution in [0.4, 0.5) is 5.95 Å². The number of nitrogens with one attached hydrogen (secondary N) is 1. The van der Waals surface area contributed by atoms with Gasteiger partial charge in [0.25, 0.3) is 0 Å². The summed E-state index contributed by atoms with van der Waals surface area (Å²) in [7, 11) is 0. The molecule has 1 aliphatic heterocycles. The monoisotopic (exact) mass is 394 g/mol. The molecule has 6 heteroatoms. The number of hydrogen-bond donors (Lipinski definition) is 1. The van der Waals surface area contributed by atoms with Gasteiger partial charge in [0.15, 0.2) is 5.78 Å². The van der Waals surface area contributed by atoms with Crippen molar-refractivity contribution in [1.82, 2.24) is 14.9 Å². The van der Waals surface area contributed by atoms with E-state index >= 15 is 0 Å². The Bertz CT molecular complexity index is 877. The third kappa shape index (κ3) is 4.65. The zero-order valence-corrected chi connectivity index (χ0v) is 17.4. The van der Waals surface area contributed by atoms with Crippen LogP contribution in [0.3, 0.4) is 0 Å². The van der Waals surface area contributed by atoms with E-state index in [1.54, 1.807) is 0 Å². The minimum absolute atomic E-state index is 0.163. The average Bonchev–Trinajstić information content (AvgIpc) is 2.72. The summed E-state index contributed by atoms with van der Waals surface area (Å²) in [5.74, 6) is 0.997. The van der Waals surface area contributed by atoms with Crippen molar-refractivity contribution in [3.63, 3.8) is 0 Å². The van der Waals surface area contributed by atoms with Gasteiger partial charge in [-0.1, -0.05) is 24.3 Å². The highest BCUT2D eigenvalue weighted by atomic mass is 16.5. The molecule has 2 aromatic rings. The van der Waals surface area contributed by atoms with E-state index < -0.39 is 0 Å². The van der Waals surface area contributed by atoms with Gasteiger partial charge in [-0.15, -0.1) is 0 Å². The summed E-state index contributed by atoms with van der Waals surface area (Å²) in [4.78, 5) is 24.6. The Kier molecular flexibility index (Phi) is 6.21. The molecule has 1 fully saturated rings. The van der Waals surface area contributed by atoms with E-state index in [1.807, 2.05) is 13.0 Å². The Morgan fingerprint density at radius 3 is 2.72 bits per heavy atom.